The fourth-order valence-corrected chi connectivity index (χ4v) is 1.41. The molecule has 0 spiro atoms. The summed E-state index contributed by atoms with van der Waals surface area (Å²) in [6.45, 7) is 0. The van der Waals surface area contributed by atoms with Gasteiger partial charge in [0.1, 0.15) is 11.5 Å². The number of aliphatic carboxylic acids is 1. The van der Waals surface area contributed by atoms with Crippen LogP contribution in [0, 0.1) is 0 Å². The number of aryl methyl sites for hydroxylation is 1. The second-order valence-corrected chi connectivity index (χ2v) is 3.42. The molecule has 15 heavy (non-hydrogen) atoms. The molecule has 0 heterocycles. The van der Waals surface area contributed by atoms with Gasteiger partial charge in [0.25, 0.3) is 0 Å². The highest BCUT2D eigenvalue weighted by Gasteiger charge is 2.10. The van der Waals surface area contributed by atoms with Crippen molar-refractivity contribution in [3.05, 3.63) is 22.7 Å². The molecular weight excluding hydrogens is 220 g/mol. The number of phenolic OH excluding ortho intramolecular Hbond substituents is 1. The number of hydrogen-bond donors (Lipinski definition) is 2. The maximum atomic E-state index is 10.4. The topological polar surface area (TPSA) is 66.8 Å². The second-order valence-electron chi connectivity index (χ2n) is 3.01. The number of rotatable bonds is 4. The summed E-state index contributed by atoms with van der Waals surface area (Å²) < 4.78 is 4.95. The number of benzene rings is 1. The first-order valence-corrected chi connectivity index (χ1v) is 4.69. The summed E-state index contributed by atoms with van der Waals surface area (Å²) in [5.41, 5.74) is 0.474. The van der Waals surface area contributed by atoms with E-state index in [0.717, 1.165) is 0 Å². The predicted molar refractivity (Wildman–Crippen MR) is 55.6 cm³/mol. The van der Waals surface area contributed by atoms with E-state index in [1.54, 1.807) is 6.07 Å². The molecule has 4 nitrogen and oxygen atoms in total. The van der Waals surface area contributed by atoms with Gasteiger partial charge in [0.05, 0.1) is 12.1 Å². The molecule has 1 aromatic carbocycles. The third kappa shape index (κ3) is 3.02. The number of carboxylic acid groups (broad SMARTS) is 1. The van der Waals surface area contributed by atoms with Crippen molar-refractivity contribution >= 4 is 17.6 Å². The first kappa shape index (κ1) is 11.7. The summed E-state index contributed by atoms with van der Waals surface area (Å²) in [6, 6.07) is 3.05. The van der Waals surface area contributed by atoms with E-state index in [0.29, 0.717) is 11.3 Å². The highest BCUT2D eigenvalue weighted by Crippen LogP contribution is 2.32. The number of methoxy groups -OCH3 is 1. The van der Waals surface area contributed by atoms with E-state index in [2.05, 4.69) is 0 Å². The van der Waals surface area contributed by atoms with Crippen molar-refractivity contribution in [1.29, 1.82) is 0 Å². The van der Waals surface area contributed by atoms with Gasteiger partial charge in [-0.15, -0.1) is 0 Å². The quantitative estimate of drug-likeness (QED) is 0.831. The van der Waals surface area contributed by atoms with Crippen LogP contribution in [-0.2, 0) is 11.2 Å². The van der Waals surface area contributed by atoms with Gasteiger partial charge in [-0.3, -0.25) is 4.79 Å². The molecule has 0 atom stereocenters. The van der Waals surface area contributed by atoms with Gasteiger partial charge in [-0.05, 0) is 18.1 Å². The van der Waals surface area contributed by atoms with Gasteiger partial charge in [0, 0.05) is 12.5 Å². The van der Waals surface area contributed by atoms with Crippen molar-refractivity contribution in [3.63, 3.8) is 0 Å². The van der Waals surface area contributed by atoms with Crippen molar-refractivity contribution in [1.82, 2.24) is 0 Å². The average Bonchev–Trinajstić information content (AvgIpc) is 2.19. The number of phenols is 1. The Morgan fingerprint density at radius 3 is 2.73 bits per heavy atom. The summed E-state index contributed by atoms with van der Waals surface area (Å²) in [5, 5.41) is 18.2. The van der Waals surface area contributed by atoms with E-state index in [1.807, 2.05) is 0 Å². The smallest absolute Gasteiger partial charge is 0.303 e. The molecule has 1 rings (SSSR count). The van der Waals surface area contributed by atoms with E-state index in [9.17, 15) is 9.90 Å². The molecule has 0 bridgehead atoms. The lowest BCUT2D eigenvalue weighted by Crippen LogP contribution is -1.98. The minimum absolute atomic E-state index is 0.0585. The molecular formula is C10H11ClO4. The van der Waals surface area contributed by atoms with Crippen LogP contribution in [0.25, 0.3) is 0 Å². The van der Waals surface area contributed by atoms with Crippen LogP contribution >= 0.6 is 11.6 Å². The zero-order chi connectivity index (χ0) is 11.4. The lowest BCUT2D eigenvalue weighted by atomic mass is 10.1. The van der Waals surface area contributed by atoms with Crippen molar-refractivity contribution in [2.24, 2.45) is 0 Å². The van der Waals surface area contributed by atoms with Crippen LogP contribution in [0.4, 0.5) is 0 Å². The molecule has 2 N–H and O–H groups in total. The number of aromatic hydroxyl groups is 1. The average molecular weight is 231 g/mol. The molecule has 0 unspecified atom stereocenters. The summed E-state index contributed by atoms with van der Waals surface area (Å²) >= 11 is 5.74. The fourth-order valence-electron chi connectivity index (χ4n) is 1.18. The Morgan fingerprint density at radius 2 is 2.20 bits per heavy atom. The molecule has 0 aromatic heterocycles. The Labute approximate surface area is 92.1 Å². The van der Waals surface area contributed by atoms with Gasteiger partial charge in [0.15, 0.2) is 0 Å². The fraction of sp³-hybridized carbons (Fsp3) is 0.300. The molecule has 0 amide bonds. The van der Waals surface area contributed by atoms with Gasteiger partial charge in [0.2, 0.25) is 0 Å². The molecule has 1 aromatic rings. The number of hydrogen-bond acceptors (Lipinski definition) is 3. The Balaban J connectivity index is 2.94. The van der Waals surface area contributed by atoms with Crippen molar-refractivity contribution in [3.8, 4) is 11.5 Å². The molecule has 0 fully saturated rings. The maximum absolute atomic E-state index is 10.4. The van der Waals surface area contributed by atoms with Crippen LogP contribution in [0.5, 0.6) is 11.5 Å². The molecule has 0 saturated heterocycles. The Bertz CT molecular complexity index is 376. The van der Waals surface area contributed by atoms with Gasteiger partial charge < -0.3 is 14.9 Å². The molecule has 0 aliphatic heterocycles. The van der Waals surface area contributed by atoms with Crippen LogP contribution in [0.15, 0.2) is 12.1 Å². The van der Waals surface area contributed by atoms with Gasteiger partial charge >= 0.3 is 5.97 Å². The van der Waals surface area contributed by atoms with Crippen molar-refractivity contribution in [2.45, 2.75) is 12.8 Å². The summed E-state index contributed by atoms with van der Waals surface area (Å²) in [7, 11) is 1.48. The molecule has 82 valence electrons. The SMILES string of the molecule is COc1cc(Cl)c(O)c(CCC(=O)O)c1. The summed E-state index contributed by atoms with van der Waals surface area (Å²) in [6.07, 6.45) is 0.162. The first-order valence-electron chi connectivity index (χ1n) is 4.31. The molecule has 5 heteroatoms. The van der Waals surface area contributed by atoms with E-state index in [1.165, 1.54) is 13.2 Å². The van der Waals surface area contributed by atoms with Crippen LogP contribution in [0.3, 0.4) is 0 Å². The predicted octanol–water partition coefficient (Wildman–Crippen LogP) is 2.07. The van der Waals surface area contributed by atoms with E-state index in [-0.39, 0.29) is 23.6 Å². The zero-order valence-electron chi connectivity index (χ0n) is 8.16. The number of carbonyl (C=O) groups is 1. The van der Waals surface area contributed by atoms with E-state index >= 15 is 0 Å². The third-order valence-electron chi connectivity index (χ3n) is 1.96. The van der Waals surface area contributed by atoms with Gasteiger partial charge in [-0.2, -0.15) is 0 Å². The highest BCUT2D eigenvalue weighted by atomic mass is 35.5. The van der Waals surface area contributed by atoms with Gasteiger partial charge in [-0.25, -0.2) is 0 Å². The minimum Gasteiger partial charge on any atom is -0.506 e. The standard InChI is InChI=1S/C10H11ClO4/c1-15-7-4-6(2-3-9(12)13)10(14)8(11)5-7/h4-5,14H,2-3H2,1H3,(H,12,13). The van der Waals surface area contributed by atoms with Crippen molar-refractivity contribution in [2.75, 3.05) is 7.11 Å². The van der Waals surface area contributed by atoms with Crippen LogP contribution in [0.2, 0.25) is 5.02 Å². The number of carboxylic acids is 1. The Hall–Kier alpha value is -1.42. The lowest BCUT2D eigenvalue weighted by molar-refractivity contribution is -0.136. The Kier molecular flexibility index (Phi) is 3.80. The Morgan fingerprint density at radius 1 is 1.53 bits per heavy atom. The van der Waals surface area contributed by atoms with Crippen LogP contribution in [-0.4, -0.2) is 23.3 Å². The number of ether oxygens (including phenoxy) is 1. The molecule has 0 saturated carbocycles. The summed E-state index contributed by atoms with van der Waals surface area (Å²) in [4.78, 5) is 10.4. The zero-order valence-corrected chi connectivity index (χ0v) is 8.91. The molecule has 0 radical (unpaired) electrons. The minimum atomic E-state index is -0.923. The highest BCUT2D eigenvalue weighted by molar-refractivity contribution is 6.32. The largest absolute Gasteiger partial charge is 0.506 e. The lowest BCUT2D eigenvalue weighted by Gasteiger charge is -2.08. The van der Waals surface area contributed by atoms with Gasteiger partial charge in [-0.1, -0.05) is 11.6 Å². The molecule has 0 aliphatic rings. The first-order chi connectivity index (χ1) is 7.04. The monoisotopic (exact) mass is 230 g/mol. The van der Waals surface area contributed by atoms with E-state index in [4.69, 9.17) is 21.4 Å². The van der Waals surface area contributed by atoms with Crippen LogP contribution in [0.1, 0.15) is 12.0 Å². The third-order valence-corrected chi connectivity index (χ3v) is 2.25. The maximum Gasteiger partial charge on any atom is 0.303 e. The second kappa shape index (κ2) is 4.89. The number of halogens is 1. The van der Waals surface area contributed by atoms with E-state index < -0.39 is 5.97 Å². The summed E-state index contributed by atoms with van der Waals surface area (Å²) in [5.74, 6) is -0.509. The normalized spacial score (nSPS) is 10.0. The molecule has 0 aliphatic carbocycles. The van der Waals surface area contributed by atoms with Crippen molar-refractivity contribution < 1.29 is 19.7 Å². The van der Waals surface area contributed by atoms with Crippen LogP contribution < -0.4 is 4.74 Å².